The molecule has 2 fully saturated rings. The van der Waals surface area contributed by atoms with E-state index in [0.717, 1.165) is 25.4 Å². The number of primary amides is 1. The Hall–Kier alpha value is -0.610. The van der Waals surface area contributed by atoms with Gasteiger partial charge >= 0.3 is 0 Å². The molecule has 0 bridgehead atoms. The second-order valence-electron chi connectivity index (χ2n) is 8.51. The van der Waals surface area contributed by atoms with E-state index in [0.29, 0.717) is 17.5 Å². The van der Waals surface area contributed by atoms with Crippen molar-refractivity contribution in [2.45, 2.75) is 77.9 Å². The van der Waals surface area contributed by atoms with Crippen LogP contribution in [0.25, 0.3) is 0 Å². The summed E-state index contributed by atoms with van der Waals surface area (Å²) in [5.74, 6) is 0.531. The van der Waals surface area contributed by atoms with E-state index in [1.165, 1.54) is 19.3 Å². The average molecular weight is 295 g/mol. The lowest BCUT2D eigenvalue weighted by Gasteiger charge is -2.35. The zero-order valence-corrected chi connectivity index (χ0v) is 14.4. The van der Waals surface area contributed by atoms with Crippen LogP contribution in [0, 0.1) is 11.3 Å². The second-order valence-corrected chi connectivity index (χ2v) is 8.51. The summed E-state index contributed by atoms with van der Waals surface area (Å²) in [5, 5.41) is 3.46. The van der Waals surface area contributed by atoms with Gasteiger partial charge in [-0.05, 0) is 57.4 Å². The van der Waals surface area contributed by atoms with Gasteiger partial charge in [-0.3, -0.25) is 4.79 Å². The smallest absolute Gasteiger partial charge is 0.237 e. The van der Waals surface area contributed by atoms with Crippen LogP contribution in [0.2, 0.25) is 0 Å². The van der Waals surface area contributed by atoms with E-state index < -0.39 is 5.54 Å². The van der Waals surface area contributed by atoms with Crippen LogP contribution >= 0.6 is 0 Å². The maximum atomic E-state index is 11.9. The van der Waals surface area contributed by atoms with E-state index in [4.69, 9.17) is 5.73 Å². The number of carbonyl (C=O) groups excluding carboxylic acids is 1. The van der Waals surface area contributed by atoms with Crippen molar-refractivity contribution in [3.63, 3.8) is 0 Å². The molecule has 1 saturated heterocycles. The summed E-state index contributed by atoms with van der Waals surface area (Å²) in [6.45, 7) is 13.5. The largest absolute Gasteiger partial charge is 0.368 e. The van der Waals surface area contributed by atoms with Crippen LogP contribution in [0.5, 0.6) is 0 Å². The fraction of sp³-hybridized carbons (Fsp3) is 0.941. The molecule has 0 spiro atoms. The summed E-state index contributed by atoms with van der Waals surface area (Å²) >= 11 is 0. The van der Waals surface area contributed by atoms with Gasteiger partial charge < -0.3 is 16.0 Å². The van der Waals surface area contributed by atoms with Crippen molar-refractivity contribution in [1.29, 1.82) is 0 Å². The molecule has 3 atom stereocenters. The van der Waals surface area contributed by atoms with E-state index in [1.54, 1.807) is 0 Å². The van der Waals surface area contributed by atoms with E-state index in [-0.39, 0.29) is 5.91 Å². The Labute approximate surface area is 129 Å². The van der Waals surface area contributed by atoms with Gasteiger partial charge in [0.05, 0.1) is 5.54 Å². The predicted octanol–water partition coefficient (Wildman–Crippen LogP) is 2.13. The van der Waals surface area contributed by atoms with E-state index in [9.17, 15) is 4.79 Å². The van der Waals surface area contributed by atoms with Gasteiger partial charge in [-0.1, -0.05) is 20.8 Å². The first-order valence-electron chi connectivity index (χ1n) is 8.43. The first kappa shape index (κ1) is 16.8. The Balaban J connectivity index is 1.93. The molecule has 1 amide bonds. The molecule has 4 nitrogen and oxygen atoms in total. The minimum Gasteiger partial charge on any atom is -0.368 e. The van der Waals surface area contributed by atoms with Gasteiger partial charge in [0.1, 0.15) is 0 Å². The molecular formula is C17H33N3O. The lowest BCUT2D eigenvalue weighted by Crippen LogP contribution is -2.57. The van der Waals surface area contributed by atoms with Gasteiger partial charge in [0.25, 0.3) is 0 Å². The molecule has 4 heteroatoms. The highest BCUT2D eigenvalue weighted by Crippen LogP contribution is 2.35. The molecule has 3 unspecified atom stereocenters. The molecule has 0 aromatic rings. The summed E-state index contributed by atoms with van der Waals surface area (Å²) in [4.78, 5) is 14.4. The normalized spacial score (nSPS) is 28.3. The van der Waals surface area contributed by atoms with Crippen molar-refractivity contribution in [2.75, 3.05) is 13.1 Å². The van der Waals surface area contributed by atoms with Crippen molar-refractivity contribution in [3.05, 3.63) is 0 Å². The SMILES string of the molecule is CC(CC(C)(NC1CC1)C(N)=O)N1CCC(C(C)(C)C)C1. The van der Waals surface area contributed by atoms with Gasteiger partial charge in [0.2, 0.25) is 5.91 Å². The van der Waals surface area contributed by atoms with Crippen molar-refractivity contribution in [3.8, 4) is 0 Å². The lowest BCUT2D eigenvalue weighted by atomic mass is 9.80. The number of rotatable bonds is 6. The quantitative estimate of drug-likeness (QED) is 0.789. The number of nitrogens with zero attached hydrogens (tertiary/aromatic N) is 1. The molecule has 21 heavy (non-hydrogen) atoms. The molecule has 2 aliphatic rings. The zero-order valence-electron chi connectivity index (χ0n) is 14.4. The maximum Gasteiger partial charge on any atom is 0.237 e. The van der Waals surface area contributed by atoms with Crippen LogP contribution in [-0.2, 0) is 4.79 Å². The van der Waals surface area contributed by atoms with Crippen LogP contribution in [0.3, 0.4) is 0 Å². The lowest BCUT2D eigenvalue weighted by molar-refractivity contribution is -0.124. The average Bonchev–Trinajstić information content (AvgIpc) is 2.99. The molecule has 1 aliphatic carbocycles. The summed E-state index contributed by atoms with van der Waals surface area (Å²) in [6.07, 6.45) is 4.41. The highest BCUT2D eigenvalue weighted by molar-refractivity contribution is 5.84. The van der Waals surface area contributed by atoms with Gasteiger partial charge in [-0.15, -0.1) is 0 Å². The highest BCUT2D eigenvalue weighted by Gasteiger charge is 2.40. The summed E-state index contributed by atoms with van der Waals surface area (Å²) in [6, 6.07) is 0.886. The molecule has 1 saturated carbocycles. The third kappa shape index (κ3) is 4.19. The Kier molecular flexibility index (Phi) is 4.69. The number of nitrogens with one attached hydrogen (secondary N) is 1. The first-order chi connectivity index (χ1) is 9.62. The fourth-order valence-electron chi connectivity index (χ4n) is 3.52. The topological polar surface area (TPSA) is 58.4 Å². The third-order valence-electron chi connectivity index (χ3n) is 5.42. The Morgan fingerprint density at radius 3 is 2.33 bits per heavy atom. The van der Waals surface area contributed by atoms with Crippen LogP contribution in [-0.4, -0.2) is 41.5 Å². The van der Waals surface area contributed by atoms with Crippen LogP contribution in [0.15, 0.2) is 0 Å². The van der Waals surface area contributed by atoms with Crippen LogP contribution < -0.4 is 11.1 Å². The van der Waals surface area contributed by atoms with Gasteiger partial charge in [-0.2, -0.15) is 0 Å². The van der Waals surface area contributed by atoms with E-state index >= 15 is 0 Å². The molecule has 0 aromatic heterocycles. The molecule has 3 N–H and O–H groups in total. The number of amides is 1. The van der Waals surface area contributed by atoms with Gasteiger partial charge in [-0.25, -0.2) is 0 Å². The number of carbonyl (C=O) groups is 1. The first-order valence-corrected chi connectivity index (χ1v) is 8.43. The molecular weight excluding hydrogens is 262 g/mol. The Morgan fingerprint density at radius 2 is 1.90 bits per heavy atom. The fourth-order valence-corrected chi connectivity index (χ4v) is 3.52. The predicted molar refractivity (Wildman–Crippen MR) is 87.0 cm³/mol. The highest BCUT2D eigenvalue weighted by atomic mass is 16.1. The molecule has 1 heterocycles. The van der Waals surface area contributed by atoms with E-state index in [1.807, 2.05) is 6.92 Å². The van der Waals surface area contributed by atoms with Crippen LogP contribution in [0.1, 0.15) is 60.3 Å². The van der Waals surface area contributed by atoms with Crippen LogP contribution in [0.4, 0.5) is 0 Å². The van der Waals surface area contributed by atoms with Crippen molar-refractivity contribution in [1.82, 2.24) is 10.2 Å². The van der Waals surface area contributed by atoms with E-state index in [2.05, 4.69) is 37.9 Å². The monoisotopic (exact) mass is 295 g/mol. The summed E-state index contributed by atoms with van der Waals surface area (Å²) < 4.78 is 0. The minimum absolute atomic E-state index is 0.215. The van der Waals surface area contributed by atoms with Gasteiger partial charge in [0.15, 0.2) is 0 Å². The summed E-state index contributed by atoms with van der Waals surface area (Å²) in [5.41, 5.74) is 5.47. The number of nitrogens with two attached hydrogens (primary N) is 1. The molecule has 2 rings (SSSR count). The van der Waals surface area contributed by atoms with Crippen molar-refractivity contribution in [2.24, 2.45) is 17.1 Å². The number of hydrogen-bond donors (Lipinski definition) is 2. The minimum atomic E-state index is -0.569. The van der Waals surface area contributed by atoms with Gasteiger partial charge in [0, 0.05) is 18.6 Å². The maximum absolute atomic E-state index is 11.9. The number of likely N-dealkylation sites (tertiary alicyclic amines) is 1. The standard InChI is InChI=1S/C17H33N3O/c1-12(20-9-8-13(11-20)16(2,3)4)10-17(5,15(18)21)19-14-6-7-14/h12-14,19H,6-11H2,1-5H3,(H2,18,21). The summed E-state index contributed by atoms with van der Waals surface area (Å²) in [7, 11) is 0. The third-order valence-corrected chi connectivity index (χ3v) is 5.42. The molecule has 0 radical (unpaired) electrons. The molecule has 0 aromatic carbocycles. The Bertz CT molecular complexity index is 386. The number of hydrogen-bond acceptors (Lipinski definition) is 3. The second kappa shape index (κ2) is 5.88. The molecule has 122 valence electrons. The molecule has 1 aliphatic heterocycles. The zero-order chi connectivity index (χ0) is 15.8. The van der Waals surface area contributed by atoms with Crippen molar-refractivity contribution >= 4 is 5.91 Å². The Morgan fingerprint density at radius 1 is 1.29 bits per heavy atom. The van der Waals surface area contributed by atoms with Crippen molar-refractivity contribution < 1.29 is 4.79 Å².